The molecule has 0 saturated carbocycles. The van der Waals surface area contributed by atoms with E-state index in [1.54, 1.807) is 6.07 Å². The Morgan fingerprint density at radius 1 is 1.41 bits per heavy atom. The number of carbonyl (C=O) groups excluding carboxylic acids is 1. The van der Waals surface area contributed by atoms with E-state index in [1.165, 1.54) is 18.7 Å². The maximum Gasteiger partial charge on any atom is 0.273 e. The number of likely N-dealkylation sites (tertiary alicyclic amines) is 1. The smallest absolute Gasteiger partial charge is 0.273 e. The van der Waals surface area contributed by atoms with E-state index in [1.807, 2.05) is 0 Å². The SMILES string of the molecule is O=C(NC1CCN(C[C@@H]2CCCO2)CC1)c1ncccc1O. The Labute approximate surface area is 130 Å². The third-order valence-electron chi connectivity index (χ3n) is 4.41. The molecule has 22 heavy (non-hydrogen) atoms. The third-order valence-corrected chi connectivity index (χ3v) is 4.41. The second-order valence-corrected chi connectivity index (χ2v) is 6.05. The molecule has 0 aromatic carbocycles. The average molecular weight is 305 g/mol. The molecular weight excluding hydrogens is 282 g/mol. The van der Waals surface area contributed by atoms with Crippen molar-refractivity contribution >= 4 is 5.91 Å². The Balaban J connectivity index is 1.45. The summed E-state index contributed by atoms with van der Waals surface area (Å²) in [5.41, 5.74) is 0.101. The lowest BCUT2D eigenvalue weighted by molar-refractivity contribution is 0.0612. The molecule has 0 unspecified atom stereocenters. The van der Waals surface area contributed by atoms with Crippen LogP contribution in [-0.4, -0.2) is 59.3 Å². The number of hydrogen-bond acceptors (Lipinski definition) is 5. The molecular formula is C16H23N3O3. The van der Waals surface area contributed by atoms with Crippen molar-refractivity contribution in [2.24, 2.45) is 0 Å². The molecule has 1 amide bonds. The average Bonchev–Trinajstić information content (AvgIpc) is 3.02. The number of aromatic nitrogens is 1. The molecule has 0 bridgehead atoms. The summed E-state index contributed by atoms with van der Waals surface area (Å²) in [6, 6.07) is 3.23. The summed E-state index contributed by atoms with van der Waals surface area (Å²) in [6.07, 6.45) is 6.08. The van der Waals surface area contributed by atoms with E-state index in [0.717, 1.165) is 45.5 Å². The van der Waals surface area contributed by atoms with Gasteiger partial charge in [0.15, 0.2) is 5.69 Å². The lowest BCUT2D eigenvalue weighted by Crippen LogP contribution is -2.46. The number of rotatable bonds is 4. The number of ether oxygens (including phenoxy) is 1. The van der Waals surface area contributed by atoms with E-state index < -0.39 is 0 Å². The molecule has 120 valence electrons. The van der Waals surface area contributed by atoms with Gasteiger partial charge in [-0.15, -0.1) is 0 Å². The largest absolute Gasteiger partial charge is 0.505 e. The van der Waals surface area contributed by atoms with E-state index in [0.29, 0.717) is 6.10 Å². The number of piperidine rings is 1. The Morgan fingerprint density at radius 2 is 2.23 bits per heavy atom. The molecule has 1 aromatic heterocycles. The van der Waals surface area contributed by atoms with Gasteiger partial charge >= 0.3 is 0 Å². The molecule has 6 nitrogen and oxygen atoms in total. The number of carbonyl (C=O) groups is 1. The van der Waals surface area contributed by atoms with Gasteiger partial charge in [-0.2, -0.15) is 0 Å². The zero-order valence-electron chi connectivity index (χ0n) is 12.7. The summed E-state index contributed by atoms with van der Waals surface area (Å²) >= 11 is 0. The first-order valence-corrected chi connectivity index (χ1v) is 8.01. The van der Waals surface area contributed by atoms with Crippen LogP contribution in [-0.2, 0) is 4.74 Å². The second-order valence-electron chi connectivity index (χ2n) is 6.05. The van der Waals surface area contributed by atoms with E-state index in [4.69, 9.17) is 4.74 Å². The molecule has 0 aliphatic carbocycles. The third kappa shape index (κ3) is 3.75. The van der Waals surface area contributed by atoms with Crippen molar-refractivity contribution in [2.45, 2.75) is 37.8 Å². The number of aromatic hydroxyl groups is 1. The van der Waals surface area contributed by atoms with Crippen molar-refractivity contribution in [1.82, 2.24) is 15.2 Å². The summed E-state index contributed by atoms with van der Waals surface area (Å²) in [5.74, 6) is -0.369. The highest BCUT2D eigenvalue weighted by Crippen LogP contribution is 2.18. The first-order valence-electron chi connectivity index (χ1n) is 8.01. The van der Waals surface area contributed by atoms with Crippen LogP contribution in [0.2, 0.25) is 0 Å². The van der Waals surface area contributed by atoms with Crippen LogP contribution in [0, 0.1) is 0 Å². The van der Waals surface area contributed by atoms with Gasteiger partial charge in [0, 0.05) is 38.5 Å². The number of pyridine rings is 1. The van der Waals surface area contributed by atoms with Gasteiger partial charge < -0.3 is 20.1 Å². The highest BCUT2D eigenvalue weighted by atomic mass is 16.5. The minimum absolute atomic E-state index is 0.0733. The zero-order chi connectivity index (χ0) is 15.4. The molecule has 2 N–H and O–H groups in total. The summed E-state index contributed by atoms with van der Waals surface area (Å²) in [4.78, 5) is 18.5. The predicted octanol–water partition coefficient (Wildman–Crippen LogP) is 1.16. The molecule has 1 aromatic rings. The summed E-state index contributed by atoms with van der Waals surface area (Å²) in [5, 5.41) is 12.6. The fourth-order valence-electron chi connectivity index (χ4n) is 3.16. The molecule has 3 rings (SSSR count). The van der Waals surface area contributed by atoms with E-state index >= 15 is 0 Å². The minimum Gasteiger partial charge on any atom is -0.505 e. The van der Waals surface area contributed by atoms with Crippen molar-refractivity contribution in [3.63, 3.8) is 0 Å². The number of nitrogens with one attached hydrogen (secondary N) is 1. The molecule has 0 radical (unpaired) electrons. The van der Waals surface area contributed by atoms with E-state index in [2.05, 4.69) is 15.2 Å². The van der Waals surface area contributed by atoms with Crippen LogP contribution in [0.15, 0.2) is 18.3 Å². The van der Waals surface area contributed by atoms with Crippen LogP contribution in [0.5, 0.6) is 5.75 Å². The molecule has 2 aliphatic heterocycles. The second kappa shape index (κ2) is 7.07. The minimum atomic E-state index is -0.296. The topological polar surface area (TPSA) is 74.7 Å². The van der Waals surface area contributed by atoms with Gasteiger partial charge in [-0.25, -0.2) is 4.98 Å². The highest BCUT2D eigenvalue weighted by molar-refractivity contribution is 5.94. The van der Waals surface area contributed by atoms with Crippen LogP contribution in [0.1, 0.15) is 36.2 Å². The molecule has 2 fully saturated rings. The van der Waals surface area contributed by atoms with Crippen molar-refractivity contribution < 1.29 is 14.6 Å². The maximum atomic E-state index is 12.1. The van der Waals surface area contributed by atoms with E-state index in [-0.39, 0.29) is 23.4 Å². The molecule has 1 atom stereocenters. The summed E-state index contributed by atoms with van der Waals surface area (Å²) in [6.45, 7) is 3.84. The number of nitrogens with zero attached hydrogens (tertiary/aromatic N) is 2. The number of hydrogen-bond donors (Lipinski definition) is 2. The Bertz CT molecular complexity index is 509. The Morgan fingerprint density at radius 3 is 2.91 bits per heavy atom. The van der Waals surface area contributed by atoms with Crippen molar-refractivity contribution in [3.8, 4) is 5.75 Å². The summed E-state index contributed by atoms with van der Waals surface area (Å²) < 4.78 is 5.67. The van der Waals surface area contributed by atoms with Gasteiger partial charge in [-0.3, -0.25) is 4.79 Å². The van der Waals surface area contributed by atoms with Gasteiger partial charge in [-0.05, 0) is 37.8 Å². The lowest BCUT2D eigenvalue weighted by atomic mass is 10.0. The van der Waals surface area contributed by atoms with Crippen LogP contribution in [0.25, 0.3) is 0 Å². The zero-order valence-corrected chi connectivity index (χ0v) is 12.7. The van der Waals surface area contributed by atoms with Gasteiger partial charge in [0.2, 0.25) is 0 Å². The first kappa shape index (κ1) is 15.2. The van der Waals surface area contributed by atoms with Crippen LogP contribution < -0.4 is 5.32 Å². The fourth-order valence-corrected chi connectivity index (χ4v) is 3.16. The van der Waals surface area contributed by atoms with Gasteiger partial charge in [0.25, 0.3) is 5.91 Å². The standard InChI is InChI=1S/C16H23N3O3/c20-14-4-1-7-17-15(14)16(21)18-12-5-8-19(9-6-12)11-13-3-2-10-22-13/h1,4,7,12-13,20H,2-3,5-6,8-11H2,(H,18,21)/t13-/m0/s1. The van der Waals surface area contributed by atoms with Crippen LogP contribution >= 0.6 is 0 Å². The van der Waals surface area contributed by atoms with Gasteiger partial charge in [0.1, 0.15) is 5.75 Å². The molecule has 3 heterocycles. The van der Waals surface area contributed by atoms with Crippen LogP contribution in [0.4, 0.5) is 0 Å². The highest BCUT2D eigenvalue weighted by Gasteiger charge is 2.25. The first-order chi connectivity index (χ1) is 10.7. The van der Waals surface area contributed by atoms with Gasteiger partial charge in [0.05, 0.1) is 6.10 Å². The van der Waals surface area contributed by atoms with Crippen LogP contribution in [0.3, 0.4) is 0 Å². The molecule has 2 aliphatic rings. The maximum absolute atomic E-state index is 12.1. The number of amides is 1. The monoisotopic (exact) mass is 305 g/mol. The quantitative estimate of drug-likeness (QED) is 0.873. The van der Waals surface area contributed by atoms with Gasteiger partial charge in [-0.1, -0.05) is 0 Å². The lowest BCUT2D eigenvalue weighted by Gasteiger charge is -2.33. The molecule has 6 heteroatoms. The predicted molar refractivity (Wildman–Crippen MR) is 81.8 cm³/mol. The molecule has 0 spiro atoms. The normalized spacial score (nSPS) is 23.5. The van der Waals surface area contributed by atoms with E-state index in [9.17, 15) is 9.90 Å². The Hall–Kier alpha value is -1.66. The summed E-state index contributed by atoms with van der Waals surface area (Å²) in [7, 11) is 0. The van der Waals surface area contributed by atoms with Crippen molar-refractivity contribution in [2.75, 3.05) is 26.2 Å². The van der Waals surface area contributed by atoms with Crippen molar-refractivity contribution in [3.05, 3.63) is 24.0 Å². The molecule has 2 saturated heterocycles. The fraction of sp³-hybridized carbons (Fsp3) is 0.625. The van der Waals surface area contributed by atoms with Crippen molar-refractivity contribution in [1.29, 1.82) is 0 Å². The Kier molecular flexibility index (Phi) is 4.90.